The highest BCUT2D eigenvalue weighted by Gasteiger charge is 2.23. The van der Waals surface area contributed by atoms with Gasteiger partial charge in [0.05, 0.1) is 16.8 Å². The predicted octanol–water partition coefficient (Wildman–Crippen LogP) is 5.09. The summed E-state index contributed by atoms with van der Waals surface area (Å²) in [4.78, 5) is 22.1. The van der Waals surface area contributed by atoms with E-state index in [0.717, 1.165) is 46.0 Å². The molecule has 0 spiro atoms. The molecule has 0 saturated heterocycles. The van der Waals surface area contributed by atoms with E-state index < -0.39 is 0 Å². The number of carbonyl (C=O) groups excluding carboxylic acids is 1. The van der Waals surface area contributed by atoms with E-state index >= 15 is 0 Å². The van der Waals surface area contributed by atoms with Crippen molar-refractivity contribution in [3.63, 3.8) is 0 Å². The summed E-state index contributed by atoms with van der Waals surface area (Å²) in [7, 11) is 0. The van der Waals surface area contributed by atoms with Crippen molar-refractivity contribution < 1.29 is 4.79 Å². The minimum Gasteiger partial charge on any atom is -0.352 e. The first-order valence-corrected chi connectivity index (χ1v) is 13.0. The highest BCUT2D eigenvalue weighted by Crippen LogP contribution is 2.33. The zero-order valence-corrected chi connectivity index (χ0v) is 20.1. The van der Waals surface area contributed by atoms with Gasteiger partial charge in [-0.1, -0.05) is 42.8 Å². The van der Waals surface area contributed by atoms with Crippen molar-refractivity contribution in [2.45, 2.75) is 49.7 Å². The molecule has 1 aromatic carbocycles. The minimum absolute atomic E-state index is 0.0918. The second-order valence-electron chi connectivity index (χ2n) is 8.58. The Morgan fingerprint density at radius 1 is 1.15 bits per heavy atom. The van der Waals surface area contributed by atoms with Crippen LogP contribution in [0.4, 0.5) is 0 Å². The van der Waals surface area contributed by atoms with E-state index in [0.29, 0.717) is 18.2 Å². The van der Waals surface area contributed by atoms with Crippen molar-refractivity contribution >= 4 is 28.6 Å². The van der Waals surface area contributed by atoms with Crippen molar-refractivity contribution in [3.8, 4) is 11.3 Å². The Balaban J connectivity index is 1.29. The molecule has 0 aliphatic heterocycles. The van der Waals surface area contributed by atoms with Crippen LogP contribution in [0.2, 0.25) is 0 Å². The van der Waals surface area contributed by atoms with Gasteiger partial charge in [-0.2, -0.15) is 0 Å². The van der Waals surface area contributed by atoms with E-state index in [4.69, 9.17) is 4.98 Å². The van der Waals surface area contributed by atoms with Gasteiger partial charge in [0.1, 0.15) is 5.82 Å². The van der Waals surface area contributed by atoms with Gasteiger partial charge in [-0.25, -0.2) is 4.98 Å². The van der Waals surface area contributed by atoms with Crippen molar-refractivity contribution in [1.29, 1.82) is 0 Å². The molecule has 1 amide bonds. The van der Waals surface area contributed by atoms with Gasteiger partial charge >= 0.3 is 0 Å². The topological polar surface area (TPSA) is 85.6 Å². The number of aryl methyl sites for hydroxylation is 1. The first-order valence-electron chi connectivity index (χ1n) is 11.8. The number of hydrogen-bond donors (Lipinski definition) is 1. The van der Waals surface area contributed by atoms with Crippen molar-refractivity contribution in [2.24, 2.45) is 0 Å². The molecular weight excluding hydrogens is 444 g/mol. The van der Waals surface area contributed by atoms with E-state index in [9.17, 15) is 4.79 Å². The molecule has 0 radical (unpaired) electrons. The maximum Gasteiger partial charge on any atom is 0.252 e. The number of amides is 1. The fourth-order valence-corrected chi connectivity index (χ4v) is 5.29. The van der Waals surface area contributed by atoms with E-state index in [1.165, 1.54) is 25.7 Å². The summed E-state index contributed by atoms with van der Waals surface area (Å²) in [5.41, 5.74) is 3.05. The Labute approximate surface area is 203 Å². The number of para-hydroxylation sites is 1. The van der Waals surface area contributed by atoms with Gasteiger partial charge in [-0.05, 0) is 49.8 Å². The number of pyridine rings is 2. The molecule has 1 N–H and O–H groups in total. The molecule has 8 heteroatoms. The second kappa shape index (κ2) is 10.3. The molecule has 7 nitrogen and oxygen atoms in total. The van der Waals surface area contributed by atoms with E-state index in [1.807, 2.05) is 42.5 Å². The van der Waals surface area contributed by atoms with Gasteiger partial charge < -0.3 is 9.88 Å². The van der Waals surface area contributed by atoms with Crippen LogP contribution in [0, 0.1) is 0 Å². The summed E-state index contributed by atoms with van der Waals surface area (Å²) in [5, 5.41) is 13.8. The smallest absolute Gasteiger partial charge is 0.252 e. The number of nitrogens with zero attached hydrogens (tertiary/aromatic N) is 5. The highest BCUT2D eigenvalue weighted by atomic mass is 32.2. The molecule has 0 unspecified atom stereocenters. The Morgan fingerprint density at radius 2 is 2.00 bits per heavy atom. The van der Waals surface area contributed by atoms with Crippen LogP contribution >= 0.6 is 11.8 Å². The van der Waals surface area contributed by atoms with Gasteiger partial charge in [0, 0.05) is 42.4 Å². The van der Waals surface area contributed by atoms with Gasteiger partial charge in [-0.3, -0.25) is 9.78 Å². The quantitative estimate of drug-likeness (QED) is 0.284. The molecule has 174 valence electrons. The van der Waals surface area contributed by atoms with Crippen LogP contribution in [0.25, 0.3) is 22.2 Å². The molecule has 1 aliphatic rings. The van der Waals surface area contributed by atoms with Crippen LogP contribution < -0.4 is 5.32 Å². The lowest BCUT2D eigenvalue weighted by Crippen LogP contribution is -2.25. The van der Waals surface area contributed by atoms with Crippen molar-refractivity contribution in [1.82, 2.24) is 30.0 Å². The summed E-state index contributed by atoms with van der Waals surface area (Å²) < 4.78 is 2.33. The highest BCUT2D eigenvalue weighted by molar-refractivity contribution is 7.98. The molecule has 3 aromatic heterocycles. The van der Waals surface area contributed by atoms with Crippen LogP contribution in [0.5, 0.6) is 0 Å². The number of benzene rings is 1. The predicted molar refractivity (Wildman–Crippen MR) is 135 cm³/mol. The Hall–Kier alpha value is -3.26. The third-order valence-corrected chi connectivity index (χ3v) is 7.03. The molecule has 1 saturated carbocycles. The van der Waals surface area contributed by atoms with E-state index in [1.54, 1.807) is 24.2 Å². The lowest BCUT2D eigenvalue weighted by Gasteiger charge is -2.16. The van der Waals surface area contributed by atoms with Crippen molar-refractivity contribution in [2.75, 3.05) is 12.8 Å². The average molecular weight is 473 g/mol. The number of carbonyl (C=O) groups is 1. The maximum atomic E-state index is 13.2. The molecule has 0 atom stereocenters. The zero-order chi connectivity index (χ0) is 23.3. The average Bonchev–Trinajstić information content (AvgIpc) is 3.56. The third kappa shape index (κ3) is 4.68. The molecule has 3 heterocycles. The summed E-state index contributed by atoms with van der Waals surface area (Å²) in [5.74, 6) is 0.935. The number of rotatable bonds is 8. The normalized spacial score (nSPS) is 14.0. The lowest BCUT2D eigenvalue weighted by atomic mass is 10.0. The van der Waals surface area contributed by atoms with E-state index in [2.05, 4.69) is 31.3 Å². The van der Waals surface area contributed by atoms with Crippen LogP contribution in [0.15, 0.2) is 60.0 Å². The molecule has 1 aliphatic carbocycles. The summed E-state index contributed by atoms with van der Waals surface area (Å²) >= 11 is 1.65. The Morgan fingerprint density at radius 3 is 2.79 bits per heavy atom. The number of hydrogen-bond acceptors (Lipinski definition) is 6. The van der Waals surface area contributed by atoms with E-state index in [-0.39, 0.29) is 5.91 Å². The lowest BCUT2D eigenvalue weighted by molar-refractivity contribution is 0.0954. The number of aromatic nitrogens is 5. The standard InChI is InChI=1S/C26H28N6OS/c1-34-26-31-30-24(32(26)19-9-2-3-10-19)13-7-15-28-25(33)21-16-23(18-8-6-14-27-17-18)29-22-12-5-4-11-20(21)22/h4-6,8,11-12,14,16-17,19H,2-3,7,9-10,13,15H2,1H3,(H,28,33). The Bertz CT molecular complexity index is 1280. The van der Waals surface area contributed by atoms with Crippen LogP contribution in [-0.2, 0) is 6.42 Å². The molecular formula is C26H28N6OS. The molecule has 34 heavy (non-hydrogen) atoms. The number of thioether (sulfide) groups is 1. The molecule has 4 aromatic rings. The fraction of sp³-hybridized carbons (Fsp3) is 0.346. The zero-order valence-electron chi connectivity index (χ0n) is 19.3. The molecule has 0 bridgehead atoms. The van der Waals surface area contributed by atoms with Crippen LogP contribution in [0.3, 0.4) is 0 Å². The second-order valence-corrected chi connectivity index (χ2v) is 9.36. The summed E-state index contributed by atoms with van der Waals surface area (Å²) in [6, 6.07) is 13.9. The van der Waals surface area contributed by atoms with Gasteiger partial charge in [-0.15, -0.1) is 10.2 Å². The minimum atomic E-state index is -0.0918. The fourth-order valence-electron chi connectivity index (χ4n) is 4.72. The third-order valence-electron chi connectivity index (χ3n) is 6.39. The SMILES string of the molecule is CSc1nnc(CCCNC(=O)c2cc(-c3cccnc3)nc3ccccc23)n1C1CCCC1. The first kappa shape index (κ1) is 22.5. The largest absolute Gasteiger partial charge is 0.352 e. The first-order chi connectivity index (χ1) is 16.7. The number of fused-ring (bicyclic) bond motifs is 1. The number of nitrogens with one attached hydrogen (secondary N) is 1. The van der Waals surface area contributed by atoms with Gasteiger partial charge in [0.15, 0.2) is 5.16 Å². The summed E-state index contributed by atoms with van der Waals surface area (Å²) in [6.45, 7) is 0.573. The Kier molecular flexibility index (Phi) is 6.85. The monoisotopic (exact) mass is 472 g/mol. The van der Waals surface area contributed by atoms with Crippen molar-refractivity contribution in [3.05, 3.63) is 66.2 Å². The summed E-state index contributed by atoms with van der Waals surface area (Å²) in [6.07, 6.45) is 12.1. The van der Waals surface area contributed by atoms with Gasteiger partial charge in [0.25, 0.3) is 5.91 Å². The van der Waals surface area contributed by atoms with Crippen LogP contribution in [-0.4, -0.2) is 43.4 Å². The molecule has 1 fully saturated rings. The maximum absolute atomic E-state index is 13.2. The van der Waals surface area contributed by atoms with Gasteiger partial charge in [0.2, 0.25) is 0 Å². The van der Waals surface area contributed by atoms with Crippen LogP contribution in [0.1, 0.15) is 54.3 Å². The molecule has 5 rings (SSSR count).